The van der Waals surface area contributed by atoms with E-state index in [0.717, 1.165) is 12.3 Å². The van der Waals surface area contributed by atoms with Crippen LogP contribution in [0.15, 0.2) is 24.3 Å². The molecule has 0 saturated heterocycles. The summed E-state index contributed by atoms with van der Waals surface area (Å²) in [5, 5.41) is 0. The summed E-state index contributed by atoms with van der Waals surface area (Å²) in [5.74, 6) is 1.42. The zero-order valence-corrected chi connectivity index (χ0v) is 8.22. The van der Waals surface area contributed by atoms with Gasteiger partial charge in [0.1, 0.15) is 0 Å². The SMILES string of the molecule is C.C=CC[C@@H](/C(C)=C\C)C(C)C. The maximum atomic E-state index is 3.77. The highest BCUT2D eigenvalue weighted by Gasteiger charge is 2.11. The molecule has 0 aromatic heterocycles. The average molecular weight is 168 g/mol. The molecule has 0 rings (SSSR count). The molecule has 0 aliphatic carbocycles. The molecule has 0 aliphatic heterocycles. The topological polar surface area (TPSA) is 0 Å². The molecule has 0 radical (unpaired) electrons. The van der Waals surface area contributed by atoms with Crippen molar-refractivity contribution in [1.29, 1.82) is 0 Å². The fraction of sp³-hybridized carbons (Fsp3) is 0.667. The Kier molecular flexibility index (Phi) is 8.36. The van der Waals surface area contributed by atoms with Gasteiger partial charge in [-0.1, -0.05) is 39.0 Å². The molecule has 0 N–H and O–H groups in total. The molecule has 0 amide bonds. The molecule has 0 bridgehead atoms. The third-order valence-corrected chi connectivity index (χ3v) is 2.27. The molecule has 1 atom stereocenters. The molecule has 0 heterocycles. The zero-order valence-electron chi connectivity index (χ0n) is 8.22. The molecule has 0 aromatic carbocycles. The lowest BCUT2D eigenvalue weighted by Gasteiger charge is -2.19. The van der Waals surface area contributed by atoms with Gasteiger partial charge in [0.15, 0.2) is 0 Å². The van der Waals surface area contributed by atoms with E-state index in [1.54, 1.807) is 0 Å². The van der Waals surface area contributed by atoms with Gasteiger partial charge in [0.2, 0.25) is 0 Å². The largest absolute Gasteiger partial charge is 0.103 e. The molecule has 0 heteroatoms. The standard InChI is InChI=1S/C11H20.CH4/c1-6-8-11(9(3)4)10(5)7-2;/h6-7,9,11H,1,8H2,2-5H3;1H4/b10-7-;/t11-;/m1./s1. The molecular weight excluding hydrogens is 144 g/mol. The number of hydrogen-bond acceptors (Lipinski definition) is 0. The number of rotatable bonds is 4. The van der Waals surface area contributed by atoms with Gasteiger partial charge in [-0.3, -0.25) is 0 Å². The van der Waals surface area contributed by atoms with E-state index in [1.807, 2.05) is 6.08 Å². The smallest absolute Gasteiger partial charge is 0.0149 e. The van der Waals surface area contributed by atoms with Gasteiger partial charge >= 0.3 is 0 Å². The van der Waals surface area contributed by atoms with Crippen molar-refractivity contribution in [3.63, 3.8) is 0 Å². The fourth-order valence-corrected chi connectivity index (χ4v) is 1.38. The monoisotopic (exact) mass is 168 g/mol. The summed E-state index contributed by atoms with van der Waals surface area (Å²) >= 11 is 0. The van der Waals surface area contributed by atoms with E-state index in [-0.39, 0.29) is 7.43 Å². The van der Waals surface area contributed by atoms with E-state index in [4.69, 9.17) is 0 Å². The van der Waals surface area contributed by atoms with Crippen molar-refractivity contribution in [2.75, 3.05) is 0 Å². The Hall–Kier alpha value is -0.520. The van der Waals surface area contributed by atoms with Crippen molar-refractivity contribution in [3.05, 3.63) is 24.3 Å². The molecule has 12 heavy (non-hydrogen) atoms. The van der Waals surface area contributed by atoms with Crippen molar-refractivity contribution in [1.82, 2.24) is 0 Å². The quantitative estimate of drug-likeness (QED) is 0.544. The molecular formula is C12H24. The van der Waals surface area contributed by atoms with Crippen LogP contribution in [-0.2, 0) is 0 Å². The van der Waals surface area contributed by atoms with Crippen LogP contribution in [-0.4, -0.2) is 0 Å². The molecule has 0 aromatic rings. The predicted molar refractivity (Wildman–Crippen MR) is 59.3 cm³/mol. The third kappa shape index (κ3) is 4.38. The summed E-state index contributed by atoms with van der Waals surface area (Å²) in [6.45, 7) is 12.6. The van der Waals surface area contributed by atoms with Crippen LogP contribution < -0.4 is 0 Å². The molecule has 0 fully saturated rings. The number of hydrogen-bond donors (Lipinski definition) is 0. The average Bonchev–Trinajstić information content (AvgIpc) is 1.98. The lowest BCUT2D eigenvalue weighted by molar-refractivity contribution is 0.447. The zero-order chi connectivity index (χ0) is 8.85. The summed E-state index contributed by atoms with van der Waals surface area (Å²) in [4.78, 5) is 0. The highest BCUT2D eigenvalue weighted by molar-refractivity contribution is 5.04. The minimum Gasteiger partial charge on any atom is -0.103 e. The van der Waals surface area contributed by atoms with Crippen LogP contribution in [0.1, 0.15) is 41.5 Å². The maximum absolute atomic E-state index is 3.77. The first-order chi connectivity index (χ1) is 5.13. The Morgan fingerprint density at radius 2 is 1.92 bits per heavy atom. The summed E-state index contributed by atoms with van der Waals surface area (Å²) in [6, 6.07) is 0. The lowest BCUT2D eigenvalue weighted by Crippen LogP contribution is -2.08. The lowest BCUT2D eigenvalue weighted by atomic mass is 9.86. The van der Waals surface area contributed by atoms with E-state index in [9.17, 15) is 0 Å². The Labute approximate surface area is 78.4 Å². The Morgan fingerprint density at radius 3 is 2.17 bits per heavy atom. The third-order valence-electron chi connectivity index (χ3n) is 2.27. The Balaban J connectivity index is 0. The van der Waals surface area contributed by atoms with Crippen LogP contribution in [0.4, 0.5) is 0 Å². The first-order valence-electron chi connectivity index (χ1n) is 4.37. The van der Waals surface area contributed by atoms with Gasteiger partial charge in [0.25, 0.3) is 0 Å². The van der Waals surface area contributed by atoms with Gasteiger partial charge in [0, 0.05) is 0 Å². The summed E-state index contributed by atoms with van der Waals surface area (Å²) in [7, 11) is 0. The number of allylic oxidation sites excluding steroid dienone is 3. The highest BCUT2D eigenvalue weighted by Crippen LogP contribution is 2.23. The maximum Gasteiger partial charge on any atom is -0.0149 e. The van der Waals surface area contributed by atoms with Crippen molar-refractivity contribution < 1.29 is 0 Å². The predicted octanol–water partition coefficient (Wildman–Crippen LogP) is 4.44. The summed E-state index contributed by atoms with van der Waals surface area (Å²) in [6.07, 6.45) is 5.32. The minimum absolute atomic E-state index is 0. The van der Waals surface area contributed by atoms with Crippen LogP contribution in [0.3, 0.4) is 0 Å². The fourth-order valence-electron chi connectivity index (χ4n) is 1.38. The van der Waals surface area contributed by atoms with Gasteiger partial charge in [-0.15, -0.1) is 6.58 Å². The van der Waals surface area contributed by atoms with Crippen LogP contribution in [0, 0.1) is 11.8 Å². The van der Waals surface area contributed by atoms with E-state index in [2.05, 4.69) is 40.3 Å². The van der Waals surface area contributed by atoms with Gasteiger partial charge in [-0.05, 0) is 32.1 Å². The van der Waals surface area contributed by atoms with E-state index in [1.165, 1.54) is 5.57 Å². The molecule has 0 spiro atoms. The summed E-state index contributed by atoms with van der Waals surface area (Å²) < 4.78 is 0. The second-order valence-electron chi connectivity index (χ2n) is 3.41. The van der Waals surface area contributed by atoms with Crippen molar-refractivity contribution in [2.45, 2.75) is 41.5 Å². The van der Waals surface area contributed by atoms with E-state index < -0.39 is 0 Å². The molecule has 0 nitrogen and oxygen atoms in total. The van der Waals surface area contributed by atoms with Gasteiger partial charge < -0.3 is 0 Å². The van der Waals surface area contributed by atoms with Gasteiger partial charge in [-0.25, -0.2) is 0 Å². The highest BCUT2D eigenvalue weighted by atomic mass is 14.2. The second-order valence-corrected chi connectivity index (χ2v) is 3.41. The van der Waals surface area contributed by atoms with Crippen molar-refractivity contribution in [3.8, 4) is 0 Å². The van der Waals surface area contributed by atoms with Gasteiger partial charge in [-0.2, -0.15) is 0 Å². The second kappa shape index (κ2) is 7.15. The first-order valence-corrected chi connectivity index (χ1v) is 4.37. The van der Waals surface area contributed by atoms with Crippen molar-refractivity contribution >= 4 is 0 Å². The first kappa shape index (κ1) is 14.0. The Morgan fingerprint density at radius 1 is 1.42 bits per heavy atom. The molecule has 0 saturated carbocycles. The van der Waals surface area contributed by atoms with Crippen LogP contribution in [0.25, 0.3) is 0 Å². The van der Waals surface area contributed by atoms with E-state index in [0.29, 0.717) is 5.92 Å². The van der Waals surface area contributed by atoms with Crippen LogP contribution in [0.2, 0.25) is 0 Å². The van der Waals surface area contributed by atoms with Crippen molar-refractivity contribution in [2.24, 2.45) is 11.8 Å². The van der Waals surface area contributed by atoms with Crippen LogP contribution >= 0.6 is 0 Å². The minimum atomic E-state index is 0. The Bertz CT molecular complexity index is 140. The molecule has 72 valence electrons. The molecule has 0 aliphatic rings. The summed E-state index contributed by atoms with van der Waals surface area (Å²) in [5.41, 5.74) is 1.49. The van der Waals surface area contributed by atoms with E-state index >= 15 is 0 Å². The normalized spacial score (nSPS) is 13.9. The molecule has 0 unspecified atom stereocenters. The van der Waals surface area contributed by atoms with Crippen LogP contribution in [0.5, 0.6) is 0 Å². The van der Waals surface area contributed by atoms with Gasteiger partial charge in [0.05, 0.1) is 0 Å².